The lowest BCUT2D eigenvalue weighted by Crippen LogP contribution is -1.84. The molecule has 94 valence electrons. The van der Waals surface area contributed by atoms with Crippen molar-refractivity contribution in [2.24, 2.45) is 0 Å². The number of benzene rings is 2. The van der Waals surface area contributed by atoms with Crippen LogP contribution in [0.4, 0.5) is 0 Å². The molecule has 2 aromatic rings. The molecular formula is C17H12Cl2. The van der Waals surface area contributed by atoms with Crippen LogP contribution in [-0.4, -0.2) is 0 Å². The highest BCUT2D eigenvalue weighted by atomic mass is 35.5. The van der Waals surface area contributed by atoms with Gasteiger partial charge in [-0.05, 0) is 53.0 Å². The molecule has 0 bridgehead atoms. The average Bonchev–Trinajstić information content (AvgIpc) is 2.90. The van der Waals surface area contributed by atoms with Crippen molar-refractivity contribution in [1.29, 1.82) is 0 Å². The fourth-order valence-electron chi connectivity index (χ4n) is 2.25. The van der Waals surface area contributed by atoms with Gasteiger partial charge in [0.25, 0.3) is 0 Å². The van der Waals surface area contributed by atoms with Gasteiger partial charge < -0.3 is 0 Å². The monoisotopic (exact) mass is 286 g/mol. The standard InChI is InChI=1S/C17H12Cl2/c18-16-7-3-12(4-8-16)14-1-2-15(11-14)13-5-9-17(19)10-6-13/h1-10H,11H2. The minimum Gasteiger partial charge on any atom is -0.0843 e. The Labute approximate surface area is 123 Å². The van der Waals surface area contributed by atoms with Gasteiger partial charge in [0.05, 0.1) is 0 Å². The minimum atomic E-state index is 0.772. The molecule has 0 radical (unpaired) electrons. The first-order chi connectivity index (χ1) is 9.22. The van der Waals surface area contributed by atoms with Crippen molar-refractivity contribution < 1.29 is 0 Å². The van der Waals surface area contributed by atoms with E-state index in [0.29, 0.717) is 0 Å². The fourth-order valence-corrected chi connectivity index (χ4v) is 2.50. The Balaban J connectivity index is 1.78. The second-order valence-corrected chi connectivity index (χ2v) is 5.45. The predicted octanol–water partition coefficient (Wildman–Crippen LogP) is 5.86. The first-order valence-electron chi connectivity index (χ1n) is 6.14. The van der Waals surface area contributed by atoms with Gasteiger partial charge in [-0.3, -0.25) is 0 Å². The molecule has 0 nitrogen and oxygen atoms in total. The maximum absolute atomic E-state index is 5.91. The van der Waals surface area contributed by atoms with E-state index in [-0.39, 0.29) is 0 Å². The zero-order valence-corrected chi connectivity index (χ0v) is 11.7. The normalized spacial score (nSPS) is 14.2. The molecule has 2 heteroatoms. The third-order valence-corrected chi connectivity index (χ3v) is 3.80. The van der Waals surface area contributed by atoms with Gasteiger partial charge in [0.1, 0.15) is 0 Å². The lowest BCUT2D eigenvalue weighted by Gasteiger charge is -2.06. The smallest absolute Gasteiger partial charge is 0.0406 e. The maximum Gasteiger partial charge on any atom is 0.0406 e. The molecule has 1 aliphatic rings. The predicted molar refractivity (Wildman–Crippen MR) is 83.5 cm³/mol. The Hall–Kier alpha value is -1.50. The number of hydrogen-bond acceptors (Lipinski definition) is 0. The average molecular weight is 287 g/mol. The second-order valence-electron chi connectivity index (χ2n) is 4.57. The van der Waals surface area contributed by atoms with Gasteiger partial charge in [0, 0.05) is 10.0 Å². The Morgan fingerprint density at radius 3 is 1.32 bits per heavy atom. The van der Waals surface area contributed by atoms with Crippen molar-refractivity contribution in [2.75, 3.05) is 0 Å². The molecule has 0 atom stereocenters. The first-order valence-corrected chi connectivity index (χ1v) is 6.89. The zero-order chi connectivity index (χ0) is 13.2. The molecular weight excluding hydrogens is 275 g/mol. The maximum atomic E-state index is 5.91. The first kappa shape index (κ1) is 12.5. The van der Waals surface area contributed by atoms with Crippen molar-refractivity contribution in [3.05, 3.63) is 81.9 Å². The topological polar surface area (TPSA) is 0 Å². The number of halogens is 2. The molecule has 19 heavy (non-hydrogen) atoms. The summed E-state index contributed by atoms with van der Waals surface area (Å²) in [6.07, 6.45) is 5.30. The van der Waals surface area contributed by atoms with E-state index in [1.807, 2.05) is 24.3 Å². The van der Waals surface area contributed by atoms with E-state index in [2.05, 4.69) is 36.4 Å². The summed E-state index contributed by atoms with van der Waals surface area (Å²) in [5.74, 6) is 0. The molecule has 0 amide bonds. The van der Waals surface area contributed by atoms with Gasteiger partial charge in [-0.1, -0.05) is 59.6 Å². The molecule has 0 N–H and O–H groups in total. The number of rotatable bonds is 2. The summed E-state index contributed by atoms with van der Waals surface area (Å²) < 4.78 is 0. The van der Waals surface area contributed by atoms with Crippen LogP contribution >= 0.6 is 23.2 Å². The molecule has 0 saturated heterocycles. The van der Waals surface area contributed by atoms with Gasteiger partial charge in [-0.25, -0.2) is 0 Å². The highest BCUT2D eigenvalue weighted by molar-refractivity contribution is 6.30. The molecule has 0 spiro atoms. The van der Waals surface area contributed by atoms with Crippen molar-refractivity contribution in [2.45, 2.75) is 6.42 Å². The molecule has 0 fully saturated rings. The van der Waals surface area contributed by atoms with Gasteiger partial charge >= 0.3 is 0 Å². The van der Waals surface area contributed by atoms with Gasteiger partial charge in [0.15, 0.2) is 0 Å². The van der Waals surface area contributed by atoms with Crippen LogP contribution in [0.1, 0.15) is 17.5 Å². The fraction of sp³-hybridized carbons (Fsp3) is 0.0588. The van der Waals surface area contributed by atoms with E-state index in [9.17, 15) is 0 Å². The van der Waals surface area contributed by atoms with Gasteiger partial charge in [-0.2, -0.15) is 0 Å². The zero-order valence-electron chi connectivity index (χ0n) is 10.2. The quantitative estimate of drug-likeness (QED) is 0.648. The highest BCUT2D eigenvalue weighted by Crippen LogP contribution is 2.34. The molecule has 0 aliphatic heterocycles. The highest BCUT2D eigenvalue weighted by Gasteiger charge is 2.11. The number of hydrogen-bond donors (Lipinski definition) is 0. The van der Waals surface area contributed by atoms with Crippen LogP contribution < -0.4 is 0 Å². The van der Waals surface area contributed by atoms with E-state index in [1.165, 1.54) is 22.3 Å². The summed E-state index contributed by atoms with van der Waals surface area (Å²) in [6, 6.07) is 16.0. The lowest BCUT2D eigenvalue weighted by atomic mass is 9.99. The molecule has 3 rings (SSSR count). The van der Waals surface area contributed by atoms with Gasteiger partial charge in [-0.15, -0.1) is 0 Å². The van der Waals surface area contributed by atoms with Crippen LogP contribution in [0.5, 0.6) is 0 Å². The van der Waals surface area contributed by atoms with E-state index in [1.54, 1.807) is 0 Å². The summed E-state index contributed by atoms with van der Waals surface area (Å²) in [5, 5.41) is 1.54. The minimum absolute atomic E-state index is 0.772. The van der Waals surface area contributed by atoms with Crippen molar-refractivity contribution in [1.82, 2.24) is 0 Å². The molecule has 0 heterocycles. The molecule has 0 unspecified atom stereocenters. The Morgan fingerprint density at radius 2 is 0.947 bits per heavy atom. The van der Waals surface area contributed by atoms with Crippen LogP contribution in [-0.2, 0) is 0 Å². The van der Waals surface area contributed by atoms with Crippen LogP contribution in [0.15, 0.2) is 60.7 Å². The van der Waals surface area contributed by atoms with Crippen molar-refractivity contribution in [3.8, 4) is 0 Å². The summed E-state index contributed by atoms with van der Waals surface area (Å²) in [6.45, 7) is 0. The van der Waals surface area contributed by atoms with Crippen molar-refractivity contribution in [3.63, 3.8) is 0 Å². The largest absolute Gasteiger partial charge is 0.0843 e. The summed E-state index contributed by atoms with van der Waals surface area (Å²) >= 11 is 11.8. The van der Waals surface area contributed by atoms with Crippen LogP contribution in [0.25, 0.3) is 11.1 Å². The van der Waals surface area contributed by atoms with Gasteiger partial charge in [0.2, 0.25) is 0 Å². The Bertz CT molecular complexity index is 587. The molecule has 0 aromatic heterocycles. The van der Waals surface area contributed by atoms with Crippen LogP contribution in [0, 0.1) is 0 Å². The molecule has 1 aliphatic carbocycles. The summed E-state index contributed by atoms with van der Waals surface area (Å²) in [7, 11) is 0. The number of allylic oxidation sites excluding steroid dienone is 4. The summed E-state index contributed by atoms with van der Waals surface area (Å²) in [5.41, 5.74) is 5.09. The van der Waals surface area contributed by atoms with E-state index in [4.69, 9.17) is 23.2 Å². The van der Waals surface area contributed by atoms with Crippen LogP contribution in [0.2, 0.25) is 10.0 Å². The third kappa shape index (κ3) is 2.75. The molecule has 2 aromatic carbocycles. The molecule has 0 saturated carbocycles. The SMILES string of the molecule is Clc1ccc(C2=CC=C(c3ccc(Cl)cc3)C2)cc1. The Kier molecular flexibility index (Phi) is 3.46. The van der Waals surface area contributed by atoms with E-state index in [0.717, 1.165) is 16.5 Å². The lowest BCUT2D eigenvalue weighted by molar-refractivity contribution is 1.42. The van der Waals surface area contributed by atoms with Crippen LogP contribution in [0.3, 0.4) is 0 Å². The second kappa shape index (κ2) is 5.24. The Morgan fingerprint density at radius 1 is 0.579 bits per heavy atom. The van der Waals surface area contributed by atoms with E-state index >= 15 is 0 Å². The third-order valence-electron chi connectivity index (χ3n) is 3.30. The van der Waals surface area contributed by atoms with Crippen molar-refractivity contribution >= 4 is 34.3 Å². The van der Waals surface area contributed by atoms with E-state index < -0.39 is 0 Å². The summed E-state index contributed by atoms with van der Waals surface area (Å²) in [4.78, 5) is 0.